The average Bonchev–Trinajstić information content (AvgIpc) is 2.97. The molecule has 2 aromatic heterocycles. The summed E-state index contributed by atoms with van der Waals surface area (Å²) in [4.78, 5) is 27.4. The van der Waals surface area contributed by atoms with Gasteiger partial charge in [0.25, 0.3) is 5.56 Å². The molecule has 0 aliphatic rings. The summed E-state index contributed by atoms with van der Waals surface area (Å²) >= 11 is 3.14. The van der Waals surface area contributed by atoms with Crippen LogP contribution in [0.15, 0.2) is 21.4 Å². The van der Waals surface area contributed by atoms with Gasteiger partial charge < -0.3 is 16.5 Å². The Labute approximate surface area is 173 Å². The maximum atomic E-state index is 11.9. The second-order valence-electron chi connectivity index (χ2n) is 5.24. The maximum absolute atomic E-state index is 11.9. The third-order valence-corrected chi connectivity index (χ3v) is 5.00. The minimum atomic E-state index is -0.108. The lowest BCUT2D eigenvalue weighted by Crippen LogP contribution is -2.21. The van der Waals surface area contributed by atoms with Crippen molar-refractivity contribution in [3.05, 3.63) is 39.0 Å². The van der Waals surface area contributed by atoms with Gasteiger partial charge in [-0.05, 0) is 12.8 Å². The van der Waals surface area contributed by atoms with Gasteiger partial charge in [0.2, 0.25) is 5.13 Å². The number of H-pyrrole nitrogens is 1. The van der Waals surface area contributed by atoms with E-state index in [4.69, 9.17) is 11.5 Å². The van der Waals surface area contributed by atoms with Crippen LogP contribution in [-0.4, -0.2) is 26.7 Å². The van der Waals surface area contributed by atoms with Gasteiger partial charge in [-0.2, -0.15) is 21.7 Å². The maximum Gasteiger partial charge on any atom is 0.276 e. The molecule has 0 unspecified atom stereocenters. The van der Waals surface area contributed by atoms with Crippen molar-refractivity contribution in [2.75, 3.05) is 5.75 Å². The number of hydrogen-bond donors (Lipinski definition) is 3. The molecule has 0 aliphatic heterocycles. The lowest BCUT2D eigenvalue weighted by Gasteiger charge is -2.03. The minimum absolute atomic E-state index is 0. The number of nitrogens with two attached hydrogens (primary N) is 2. The van der Waals surface area contributed by atoms with Gasteiger partial charge in [-0.3, -0.25) is 4.79 Å². The van der Waals surface area contributed by atoms with Gasteiger partial charge in [-0.15, -0.1) is 36.2 Å². The summed E-state index contributed by atoms with van der Waals surface area (Å²) in [6.07, 6.45) is 5.39. The van der Waals surface area contributed by atoms with E-state index in [0.29, 0.717) is 5.13 Å². The number of nitrogens with one attached hydrogen (secondary N) is 1. The molecule has 0 saturated heterocycles. The zero-order valence-corrected chi connectivity index (χ0v) is 17.7. The fourth-order valence-corrected chi connectivity index (χ4v) is 3.65. The number of thioether (sulfide) groups is 1. The second kappa shape index (κ2) is 13.0. The van der Waals surface area contributed by atoms with Crippen LogP contribution in [0.5, 0.6) is 0 Å². The monoisotopic (exact) mass is 438 g/mol. The number of halogens is 2. The number of unbranched alkanes of at least 4 members (excludes halogenated alkanes) is 1. The first-order valence-electron chi connectivity index (χ1n) is 7.77. The molecule has 0 saturated carbocycles. The van der Waals surface area contributed by atoms with Gasteiger partial charge >= 0.3 is 0 Å². The molecule has 0 spiro atoms. The molecule has 146 valence electrons. The largest absolute Gasteiger partial charge is 0.370 e. The number of aromatic amines is 1. The van der Waals surface area contributed by atoms with E-state index in [2.05, 4.69) is 26.9 Å². The van der Waals surface area contributed by atoms with E-state index in [1.807, 2.05) is 5.38 Å². The number of hydrogen-bond acceptors (Lipinski definition) is 6. The highest BCUT2D eigenvalue weighted by Crippen LogP contribution is 2.21. The lowest BCUT2D eigenvalue weighted by molar-refractivity contribution is 0.773. The van der Waals surface area contributed by atoms with Crippen LogP contribution in [0.4, 0.5) is 5.13 Å². The number of aliphatic imine (C=N–C) groups is 1. The predicted octanol–water partition coefficient (Wildman–Crippen LogP) is 2.79. The molecule has 0 aromatic carbocycles. The lowest BCUT2D eigenvalue weighted by atomic mass is 10.1. The summed E-state index contributed by atoms with van der Waals surface area (Å²) < 4.78 is 0. The van der Waals surface area contributed by atoms with Crippen molar-refractivity contribution >= 4 is 59.0 Å². The highest BCUT2D eigenvalue weighted by atomic mass is 35.5. The van der Waals surface area contributed by atoms with Crippen LogP contribution >= 0.6 is 47.9 Å². The number of aromatic nitrogens is 3. The first-order chi connectivity index (χ1) is 11.6. The first kappa shape index (κ1) is 24.7. The Kier molecular flexibility index (Phi) is 12.3. The van der Waals surface area contributed by atoms with Crippen molar-refractivity contribution in [2.24, 2.45) is 16.5 Å². The third kappa shape index (κ3) is 8.39. The summed E-state index contributed by atoms with van der Waals surface area (Å²) in [5.41, 5.74) is 12.2. The standard InChI is InChI=1S/C15H22N6OS2.2ClH/c1-2-3-4-10-7-18-12(20-13(10)22)5-6-23-8-11-9-24-15(19-11)21-14(16)17;;/h7,9H,2-6,8H2,1H3,(H,18,20,22)(H4,16,17,19,21);2*1H. The molecule has 2 aromatic rings. The van der Waals surface area contributed by atoms with E-state index in [0.717, 1.165) is 54.3 Å². The molecule has 2 heterocycles. The van der Waals surface area contributed by atoms with E-state index in [1.54, 1.807) is 18.0 Å². The van der Waals surface area contributed by atoms with Gasteiger partial charge in [0, 0.05) is 35.1 Å². The normalized spacial score (nSPS) is 9.88. The summed E-state index contributed by atoms with van der Waals surface area (Å²) in [5, 5.41) is 2.51. The fourth-order valence-electron chi connectivity index (χ4n) is 2.00. The van der Waals surface area contributed by atoms with Gasteiger partial charge in [-0.25, -0.2) is 4.98 Å². The van der Waals surface area contributed by atoms with Crippen molar-refractivity contribution in [1.29, 1.82) is 0 Å². The van der Waals surface area contributed by atoms with Crippen LogP contribution in [0, 0.1) is 0 Å². The zero-order valence-electron chi connectivity index (χ0n) is 14.4. The molecule has 0 bridgehead atoms. The van der Waals surface area contributed by atoms with Crippen LogP contribution in [0.25, 0.3) is 0 Å². The number of aryl methyl sites for hydroxylation is 2. The number of rotatable bonds is 9. The first-order valence-corrected chi connectivity index (χ1v) is 9.81. The van der Waals surface area contributed by atoms with Gasteiger partial charge in [0.1, 0.15) is 5.82 Å². The van der Waals surface area contributed by atoms with Crippen LogP contribution < -0.4 is 17.0 Å². The van der Waals surface area contributed by atoms with Crippen LogP contribution in [0.2, 0.25) is 0 Å². The Hall–Kier alpha value is -1.29. The Morgan fingerprint density at radius 1 is 1.31 bits per heavy atom. The number of thiazole rings is 1. The Balaban J connectivity index is 0.00000312. The summed E-state index contributed by atoms with van der Waals surface area (Å²) in [7, 11) is 0. The second-order valence-corrected chi connectivity index (χ2v) is 7.18. The Morgan fingerprint density at radius 2 is 2.08 bits per heavy atom. The predicted molar refractivity (Wildman–Crippen MR) is 115 cm³/mol. The van der Waals surface area contributed by atoms with Gasteiger partial charge in [0.05, 0.1) is 5.69 Å². The van der Waals surface area contributed by atoms with Crippen molar-refractivity contribution < 1.29 is 0 Å². The molecule has 11 heteroatoms. The topological polar surface area (TPSA) is 123 Å². The molecule has 26 heavy (non-hydrogen) atoms. The third-order valence-electron chi connectivity index (χ3n) is 3.22. The van der Waals surface area contributed by atoms with E-state index in [1.165, 1.54) is 11.3 Å². The van der Waals surface area contributed by atoms with Crippen LogP contribution in [0.3, 0.4) is 0 Å². The van der Waals surface area contributed by atoms with Crippen molar-refractivity contribution in [3.8, 4) is 0 Å². The summed E-state index contributed by atoms with van der Waals surface area (Å²) in [6.45, 7) is 2.11. The molecule has 2 rings (SSSR count). The van der Waals surface area contributed by atoms with Crippen LogP contribution in [0.1, 0.15) is 36.8 Å². The van der Waals surface area contributed by atoms with Crippen molar-refractivity contribution in [2.45, 2.75) is 38.4 Å². The molecule has 0 radical (unpaired) electrons. The number of nitrogens with zero attached hydrogens (tertiary/aromatic N) is 3. The Bertz CT molecular complexity index is 746. The smallest absolute Gasteiger partial charge is 0.276 e. The highest BCUT2D eigenvalue weighted by molar-refractivity contribution is 7.98. The molecular weight excluding hydrogens is 415 g/mol. The Morgan fingerprint density at radius 3 is 2.73 bits per heavy atom. The molecule has 7 nitrogen and oxygen atoms in total. The summed E-state index contributed by atoms with van der Waals surface area (Å²) in [6, 6.07) is 0. The molecule has 0 amide bonds. The van der Waals surface area contributed by atoms with E-state index in [9.17, 15) is 4.79 Å². The molecular formula is C15H24Cl2N6OS2. The SMILES string of the molecule is CCCCc1c[nH]c(CCSCc2csc(N=C(N)N)n2)nc1=O.Cl.Cl. The van der Waals surface area contributed by atoms with E-state index < -0.39 is 0 Å². The van der Waals surface area contributed by atoms with Gasteiger partial charge in [0.15, 0.2) is 5.96 Å². The molecule has 0 fully saturated rings. The van der Waals surface area contributed by atoms with Crippen LogP contribution in [-0.2, 0) is 18.6 Å². The zero-order chi connectivity index (χ0) is 17.4. The quantitative estimate of drug-likeness (QED) is 0.314. The van der Waals surface area contributed by atoms with E-state index in [-0.39, 0.29) is 36.3 Å². The van der Waals surface area contributed by atoms with E-state index >= 15 is 0 Å². The van der Waals surface area contributed by atoms with Crippen molar-refractivity contribution in [3.63, 3.8) is 0 Å². The van der Waals surface area contributed by atoms with Gasteiger partial charge in [-0.1, -0.05) is 13.3 Å². The molecule has 0 aliphatic carbocycles. The summed E-state index contributed by atoms with van der Waals surface area (Å²) in [5.74, 6) is 2.37. The highest BCUT2D eigenvalue weighted by Gasteiger charge is 2.05. The molecule has 5 N–H and O–H groups in total. The molecule has 0 atom stereocenters. The fraction of sp³-hybridized carbons (Fsp3) is 0.467. The minimum Gasteiger partial charge on any atom is -0.370 e. The number of guanidine groups is 1. The van der Waals surface area contributed by atoms with Crippen molar-refractivity contribution in [1.82, 2.24) is 15.0 Å². The average molecular weight is 439 g/mol.